The highest BCUT2D eigenvalue weighted by Crippen LogP contribution is 2.35. The number of carbonyl (C=O) groups excluding carboxylic acids is 1. The Morgan fingerprint density at radius 2 is 2.02 bits per heavy atom. The minimum absolute atomic E-state index is 0.000493. The van der Waals surface area contributed by atoms with Gasteiger partial charge in [-0.2, -0.15) is 5.10 Å². The highest BCUT2D eigenvalue weighted by Gasteiger charge is 2.27. The van der Waals surface area contributed by atoms with Gasteiger partial charge in [0.2, 0.25) is 5.89 Å². The van der Waals surface area contributed by atoms with Crippen LogP contribution in [0.5, 0.6) is 0 Å². The van der Waals surface area contributed by atoms with Crippen LogP contribution >= 0.6 is 0 Å². The lowest BCUT2D eigenvalue weighted by molar-refractivity contribution is 0.0896. The number of aromatic nitrogens is 7. The van der Waals surface area contributed by atoms with Crippen LogP contribution in [0.3, 0.4) is 0 Å². The summed E-state index contributed by atoms with van der Waals surface area (Å²) in [5.74, 6) is 0.813. The largest absolute Gasteiger partial charge is 0.416 e. The number of aromatic amines is 1. The van der Waals surface area contributed by atoms with Crippen LogP contribution in [0.25, 0.3) is 33.8 Å². The molecule has 1 aliphatic carbocycles. The van der Waals surface area contributed by atoms with Crippen LogP contribution in [0.1, 0.15) is 86.4 Å². The van der Waals surface area contributed by atoms with E-state index in [9.17, 15) is 4.79 Å². The third-order valence-electron chi connectivity index (χ3n) is 7.56. The first-order valence-electron chi connectivity index (χ1n) is 13.9. The van der Waals surface area contributed by atoms with Crippen LogP contribution < -0.4 is 5.32 Å². The summed E-state index contributed by atoms with van der Waals surface area (Å²) in [7, 11) is 1.95. The Morgan fingerprint density at radius 1 is 1.18 bits per heavy atom. The van der Waals surface area contributed by atoms with E-state index in [1.165, 1.54) is 5.56 Å². The Hall–Kier alpha value is -4.34. The van der Waals surface area contributed by atoms with Gasteiger partial charge in [0.1, 0.15) is 5.69 Å². The number of nitrogens with one attached hydrogen (secondary N) is 2. The number of pyridine rings is 1. The summed E-state index contributed by atoms with van der Waals surface area (Å²) in [5.41, 5.74) is 7.63. The van der Waals surface area contributed by atoms with Crippen molar-refractivity contribution >= 4 is 17.1 Å². The summed E-state index contributed by atoms with van der Waals surface area (Å²) in [6, 6.07) is 10.4. The number of hydrogen-bond acceptors (Lipinski definition) is 7. The molecule has 2 N–H and O–H groups in total. The summed E-state index contributed by atoms with van der Waals surface area (Å²) < 4.78 is 7.57. The molecular weight excluding hydrogens is 504 g/mol. The first-order chi connectivity index (χ1) is 19.2. The molecule has 1 aromatic carbocycles. The first-order valence-corrected chi connectivity index (χ1v) is 13.9. The standard InChI is InChI=1S/C30H34N8O2/c1-6-19-16-23(37-38(19)5)25-33-24-21(13-14-31-26(24)34-25)18-11-12-20-17(15-18)9-7-8-10-22(20)32-27(39)28-35-36-29(40-28)30(2,3)4/h11-16,22H,6-10H2,1-5H3,(H,32,39)(H,31,33,34). The van der Waals surface area contributed by atoms with E-state index in [1.54, 1.807) is 6.20 Å². The third kappa shape index (κ3) is 4.78. The van der Waals surface area contributed by atoms with Crippen LogP contribution in [0.15, 0.2) is 40.9 Å². The Balaban J connectivity index is 1.31. The van der Waals surface area contributed by atoms with Gasteiger partial charge in [0, 0.05) is 29.9 Å². The van der Waals surface area contributed by atoms with E-state index in [4.69, 9.17) is 9.40 Å². The molecule has 0 spiro atoms. The quantitative estimate of drug-likeness (QED) is 0.284. The second-order valence-corrected chi connectivity index (χ2v) is 11.5. The molecule has 0 saturated heterocycles. The normalized spacial score (nSPS) is 15.7. The van der Waals surface area contributed by atoms with Gasteiger partial charge in [-0.05, 0) is 54.5 Å². The van der Waals surface area contributed by atoms with E-state index in [0.29, 0.717) is 17.4 Å². The second kappa shape index (κ2) is 10.0. The molecule has 4 heterocycles. The number of carbonyl (C=O) groups is 1. The van der Waals surface area contributed by atoms with Crippen molar-refractivity contribution in [2.24, 2.45) is 7.05 Å². The molecule has 0 radical (unpaired) electrons. The van der Waals surface area contributed by atoms with Crippen molar-refractivity contribution in [3.05, 3.63) is 65.1 Å². The first kappa shape index (κ1) is 25.9. The van der Waals surface area contributed by atoms with Crippen molar-refractivity contribution in [3.8, 4) is 22.6 Å². The lowest BCUT2D eigenvalue weighted by Crippen LogP contribution is -2.29. The van der Waals surface area contributed by atoms with Crippen molar-refractivity contribution in [3.63, 3.8) is 0 Å². The zero-order valence-electron chi connectivity index (χ0n) is 23.6. The molecule has 0 bridgehead atoms. The summed E-state index contributed by atoms with van der Waals surface area (Å²) in [5, 5.41) is 15.8. The van der Waals surface area contributed by atoms with Gasteiger partial charge in [0.15, 0.2) is 11.5 Å². The number of fused-ring (bicyclic) bond motifs is 2. The minimum atomic E-state index is -0.341. The monoisotopic (exact) mass is 538 g/mol. The molecule has 206 valence electrons. The molecule has 1 unspecified atom stereocenters. The smallest absolute Gasteiger partial charge is 0.309 e. The van der Waals surface area contributed by atoms with Gasteiger partial charge in [-0.25, -0.2) is 9.97 Å². The van der Waals surface area contributed by atoms with Crippen LogP contribution in [0, 0.1) is 0 Å². The molecule has 0 aliphatic heterocycles. The van der Waals surface area contributed by atoms with Crippen LogP contribution in [-0.4, -0.2) is 40.8 Å². The Kier molecular flexibility index (Phi) is 6.48. The van der Waals surface area contributed by atoms with Crippen molar-refractivity contribution in [2.45, 2.75) is 71.3 Å². The number of H-pyrrole nitrogens is 1. The molecule has 1 atom stereocenters. The maximum atomic E-state index is 13.0. The predicted octanol–water partition coefficient (Wildman–Crippen LogP) is 5.47. The number of imidazole rings is 1. The van der Waals surface area contributed by atoms with Gasteiger partial charge in [-0.1, -0.05) is 52.3 Å². The third-order valence-corrected chi connectivity index (χ3v) is 7.56. The van der Waals surface area contributed by atoms with Crippen molar-refractivity contribution < 1.29 is 9.21 Å². The van der Waals surface area contributed by atoms with Crippen LogP contribution in [-0.2, 0) is 25.3 Å². The number of amides is 1. The van der Waals surface area contributed by atoms with E-state index in [1.807, 2.05) is 38.6 Å². The van der Waals surface area contributed by atoms with Gasteiger partial charge < -0.3 is 14.7 Å². The number of hydrogen-bond donors (Lipinski definition) is 2. The maximum Gasteiger partial charge on any atom is 0.309 e. The van der Waals surface area contributed by atoms with Crippen LogP contribution in [0.2, 0.25) is 0 Å². The molecule has 4 aromatic heterocycles. The molecule has 1 aliphatic rings. The summed E-state index contributed by atoms with van der Waals surface area (Å²) >= 11 is 0. The number of aryl methyl sites for hydroxylation is 3. The SMILES string of the molecule is CCc1cc(-c2nc3nccc(-c4ccc5c(c4)CCCCC5NC(=O)c4nnc(C(C)(C)C)o4)c3[nH]2)nn1C. The second-order valence-electron chi connectivity index (χ2n) is 11.5. The van der Waals surface area contributed by atoms with Gasteiger partial charge >= 0.3 is 11.8 Å². The Morgan fingerprint density at radius 3 is 2.77 bits per heavy atom. The van der Waals surface area contributed by atoms with Crippen molar-refractivity contribution in [1.82, 2.24) is 40.2 Å². The highest BCUT2D eigenvalue weighted by atomic mass is 16.4. The molecule has 6 rings (SSSR count). The fourth-order valence-corrected chi connectivity index (χ4v) is 5.36. The van der Waals surface area contributed by atoms with E-state index in [0.717, 1.165) is 65.7 Å². The fourth-order valence-electron chi connectivity index (χ4n) is 5.36. The summed E-state index contributed by atoms with van der Waals surface area (Å²) in [6.45, 7) is 8.04. The average molecular weight is 539 g/mol. The summed E-state index contributed by atoms with van der Waals surface area (Å²) in [6.07, 6.45) is 6.56. The number of nitrogens with zero attached hydrogens (tertiary/aromatic N) is 6. The van der Waals surface area contributed by atoms with E-state index in [-0.39, 0.29) is 23.3 Å². The predicted molar refractivity (Wildman–Crippen MR) is 152 cm³/mol. The molecule has 10 heteroatoms. The van der Waals surface area contributed by atoms with E-state index in [2.05, 4.69) is 61.8 Å². The number of rotatable bonds is 5. The lowest BCUT2D eigenvalue weighted by atomic mass is 9.94. The zero-order valence-corrected chi connectivity index (χ0v) is 23.6. The topological polar surface area (TPSA) is 127 Å². The van der Waals surface area contributed by atoms with Crippen molar-refractivity contribution in [1.29, 1.82) is 0 Å². The van der Waals surface area contributed by atoms with E-state index < -0.39 is 0 Å². The van der Waals surface area contributed by atoms with Gasteiger partial charge in [0.25, 0.3) is 0 Å². The average Bonchev–Trinajstić information content (AvgIpc) is 3.65. The number of benzene rings is 1. The highest BCUT2D eigenvalue weighted by molar-refractivity contribution is 5.92. The molecular formula is C30H34N8O2. The molecule has 5 aromatic rings. The van der Waals surface area contributed by atoms with E-state index >= 15 is 0 Å². The Bertz CT molecular complexity index is 1700. The van der Waals surface area contributed by atoms with Crippen LogP contribution in [0.4, 0.5) is 0 Å². The summed E-state index contributed by atoms with van der Waals surface area (Å²) in [4.78, 5) is 25.8. The maximum absolute atomic E-state index is 13.0. The van der Waals surface area contributed by atoms with Gasteiger partial charge in [-0.15, -0.1) is 10.2 Å². The van der Waals surface area contributed by atoms with Gasteiger partial charge in [-0.3, -0.25) is 9.48 Å². The minimum Gasteiger partial charge on any atom is -0.416 e. The molecule has 1 amide bonds. The van der Waals surface area contributed by atoms with Crippen molar-refractivity contribution in [2.75, 3.05) is 0 Å². The Labute approximate surface area is 232 Å². The molecule has 40 heavy (non-hydrogen) atoms. The molecule has 0 fully saturated rings. The zero-order chi connectivity index (χ0) is 28.0. The van der Waals surface area contributed by atoms with Gasteiger partial charge in [0.05, 0.1) is 11.6 Å². The lowest BCUT2D eigenvalue weighted by Gasteiger charge is -2.19. The fraction of sp³-hybridized carbons (Fsp3) is 0.400. The molecule has 0 saturated carbocycles. The molecule has 10 nitrogen and oxygen atoms in total.